The standard InChI is InChI=1S/C21H41NO4/c1-2-3-4-5-6-7-8-9-10-11-22-12-14-23-16-18-25-20-21-26-19-17-24-15-13-22/h2H,1,3-21H2. The van der Waals surface area contributed by atoms with Gasteiger partial charge < -0.3 is 18.9 Å². The quantitative estimate of drug-likeness (QED) is 0.433. The number of rotatable bonds is 10. The Labute approximate surface area is 161 Å². The van der Waals surface area contributed by atoms with E-state index in [-0.39, 0.29) is 0 Å². The normalized spacial score (nSPS) is 19.5. The zero-order valence-electron chi connectivity index (χ0n) is 16.8. The molecule has 1 fully saturated rings. The fourth-order valence-electron chi connectivity index (χ4n) is 2.99. The number of allylic oxidation sites excluding steroid dienone is 1. The first-order valence-corrected chi connectivity index (χ1v) is 10.6. The topological polar surface area (TPSA) is 40.2 Å². The average molecular weight is 372 g/mol. The largest absolute Gasteiger partial charge is 0.378 e. The molecule has 0 N–H and O–H groups in total. The second kappa shape index (κ2) is 19.3. The second-order valence-electron chi connectivity index (χ2n) is 6.84. The van der Waals surface area contributed by atoms with Gasteiger partial charge in [-0.2, -0.15) is 0 Å². The van der Waals surface area contributed by atoms with Crippen molar-refractivity contribution in [2.24, 2.45) is 0 Å². The monoisotopic (exact) mass is 371 g/mol. The van der Waals surface area contributed by atoms with Crippen LogP contribution < -0.4 is 0 Å². The van der Waals surface area contributed by atoms with Gasteiger partial charge in [0, 0.05) is 13.1 Å². The molecular weight excluding hydrogens is 330 g/mol. The Hall–Kier alpha value is -0.460. The summed E-state index contributed by atoms with van der Waals surface area (Å²) in [6, 6.07) is 0. The molecule has 154 valence electrons. The van der Waals surface area contributed by atoms with E-state index in [2.05, 4.69) is 11.5 Å². The minimum absolute atomic E-state index is 0.629. The van der Waals surface area contributed by atoms with Crippen LogP contribution in [0, 0.1) is 0 Å². The van der Waals surface area contributed by atoms with E-state index in [9.17, 15) is 0 Å². The van der Waals surface area contributed by atoms with Crippen LogP contribution >= 0.6 is 0 Å². The molecular formula is C21H41NO4. The molecule has 0 aromatic heterocycles. The van der Waals surface area contributed by atoms with Crippen molar-refractivity contribution < 1.29 is 18.9 Å². The molecule has 0 saturated carbocycles. The molecule has 0 atom stereocenters. The van der Waals surface area contributed by atoms with Gasteiger partial charge in [-0.15, -0.1) is 6.58 Å². The van der Waals surface area contributed by atoms with E-state index in [1.165, 1.54) is 44.9 Å². The molecule has 0 aromatic rings. The zero-order valence-corrected chi connectivity index (χ0v) is 16.8. The van der Waals surface area contributed by atoms with Crippen molar-refractivity contribution in [3.05, 3.63) is 12.7 Å². The van der Waals surface area contributed by atoms with Gasteiger partial charge in [0.25, 0.3) is 0 Å². The third-order valence-corrected chi connectivity index (χ3v) is 4.60. The molecule has 5 heteroatoms. The van der Waals surface area contributed by atoms with Crippen LogP contribution in [0.25, 0.3) is 0 Å². The molecule has 1 saturated heterocycles. The van der Waals surface area contributed by atoms with E-state index in [1.807, 2.05) is 6.08 Å². The molecule has 0 aromatic carbocycles. The molecule has 0 bridgehead atoms. The van der Waals surface area contributed by atoms with Crippen LogP contribution in [0.1, 0.15) is 51.4 Å². The van der Waals surface area contributed by atoms with Crippen molar-refractivity contribution in [2.75, 3.05) is 72.5 Å². The summed E-state index contributed by atoms with van der Waals surface area (Å²) in [5.41, 5.74) is 0. The maximum Gasteiger partial charge on any atom is 0.0701 e. The third-order valence-electron chi connectivity index (χ3n) is 4.60. The molecule has 5 nitrogen and oxygen atoms in total. The first-order valence-electron chi connectivity index (χ1n) is 10.6. The van der Waals surface area contributed by atoms with Gasteiger partial charge in [0.15, 0.2) is 0 Å². The second-order valence-corrected chi connectivity index (χ2v) is 6.84. The number of unbranched alkanes of at least 4 members (excludes halogenated alkanes) is 7. The van der Waals surface area contributed by atoms with Gasteiger partial charge in [-0.25, -0.2) is 0 Å². The maximum absolute atomic E-state index is 5.68. The lowest BCUT2D eigenvalue weighted by Crippen LogP contribution is -2.32. The van der Waals surface area contributed by atoms with Gasteiger partial charge in [0.05, 0.1) is 52.9 Å². The molecule has 0 aliphatic carbocycles. The zero-order chi connectivity index (χ0) is 18.5. The highest BCUT2D eigenvalue weighted by Gasteiger charge is 2.06. The van der Waals surface area contributed by atoms with E-state index in [4.69, 9.17) is 18.9 Å². The highest BCUT2D eigenvalue weighted by Crippen LogP contribution is 2.09. The molecule has 1 heterocycles. The lowest BCUT2D eigenvalue weighted by Gasteiger charge is -2.22. The summed E-state index contributed by atoms with van der Waals surface area (Å²) in [5, 5.41) is 0. The Kier molecular flexibility index (Phi) is 17.5. The predicted octanol–water partition coefficient (Wildman–Crippen LogP) is 3.68. The van der Waals surface area contributed by atoms with E-state index >= 15 is 0 Å². The van der Waals surface area contributed by atoms with E-state index in [1.54, 1.807) is 0 Å². The Morgan fingerprint density at radius 1 is 0.577 bits per heavy atom. The van der Waals surface area contributed by atoms with E-state index in [0.29, 0.717) is 39.6 Å². The van der Waals surface area contributed by atoms with Crippen LogP contribution in [0.15, 0.2) is 12.7 Å². The van der Waals surface area contributed by atoms with Gasteiger partial charge in [0.2, 0.25) is 0 Å². The van der Waals surface area contributed by atoms with Crippen molar-refractivity contribution in [3.63, 3.8) is 0 Å². The molecule has 26 heavy (non-hydrogen) atoms. The van der Waals surface area contributed by atoms with Crippen LogP contribution in [0.2, 0.25) is 0 Å². The van der Waals surface area contributed by atoms with Crippen molar-refractivity contribution in [3.8, 4) is 0 Å². The van der Waals surface area contributed by atoms with Crippen LogP contribution in [0.4, 0.5) is 0 Å². The smallest absolute Gasteiger partial charge is 0.0701 e. The molecule has 0 unspecified atom stereocenters. The molecule has 0 spiro atoms. The lowest BCUT2D eigenvalue weighted by atomic mass is 10.1. The van der Waals surface area contributed by atoms with Crippen molar-refractivity contribution in [1.82, 2.24) is 4.90 Å². The third kappa shape index (κ3) is 15.8. The van der Waals surface area contributed by atoms with Crippen LogP contribution in [-0.2, 0) is 18.9 Å². The summed E-state index contributed by atoms with van der Waals surface area (Å²) in [4.78, 5) is 2.46. The molecule has 0 radical (unpaired) electrons. The Balaban J connectivity index is 2.08. The average Bonchev–Trinajstić information content (AvgIpc) is 2.66. The van der Waals surface area contributed by atoms with Gasteiger partial charge >= 0.3 is 0 Å². The lowest BCUT2D eigenvalue weighted by molar-refractivity contribution is 0.00206. The minimum atomic E-state index is 0.629. The summed E-state index contributed by atoms with van der Waals surface area (Å²) in [6.45, 7) is 12.3. The fourth-order valence-corrected chi connectivity index (χ4v) is 2.99. The molecule has 1 aliphatic heterocycles. The Morgan fingerprint density at radius 3 is 1.50 bits per heavy atom. The van der Waals surface area contributed by atoms with Crippen molar-refractivity contribution in [2.45, 2.75) is 51.4 Å². The molecule has 1 rings (SSSR count). The van der Waals surface area contributed by atoms with E-state index in [0.717, 1.165) is 39.3 Å². The van der Waals surface area contributed by atoms with Crippen LogP contribution in [0.5, 0.6) is 0 Å². The summed E-state index contributed by atoms with van der Waals surface area (Å²) >= 11 is 0. The Bertz CT molecular complexity index is 286. The predicted molar refractivity (Wildman–Crippen MR) is 107 cm³/mol. The van der Waals surface area contributed by atoms with E-state index < -0.39 is 0 Å². The number of hydrogen-bond donors (Lipinski definition) is 0. The fraction of sp³-hybridized carbons (Fsp3) is 0.905. The number of nitrogens with zero attached hydrogens (tertiary/aromatic N) is 1. The number of ether oxygens (including phenoxy) is 4. The highest BCUT2D eigenvalue weighted by molar-refractivity contribution is 4.65. The first kappa shape index (κ1) is 23.6. The van der Waals surface area contributed by atoms with Crippen molar-refractivity contribution in [1.29, 1.82) is 0 Å². The molecule has 0 amide bonds. The summed E-state index contributed by atoms with van der Waals surface area (Å²) in [6.07, 6.45) is 12.5. The maximum atomic E-state index is 5.68. The molecule has 1 aliphatic rings. The summed E-state index contributed by atoms with van der Waals surface area (Å²) in [5.74, 6) is 0. The number of hydrogen-bond acceptors (Lipinski definition) is 5. The van der Waals surface area contributed by atoms with Crippen LogP contribution in [-0.4, -0.2) is 77.4 Å². The van der Waals surface area contributed by atoms with Gasteiger partial charge in [-0.1, -0.05) is 38.2 Å². The van der Waals surface area contributed by atoms with Crippen molar-refractivity contribution >= 4 is 0 Å². The summed E-state index contributed by atoms with van der Waals surface area (Å²) in [7, 11) is 0. The first-order chi connectivity index (χ1) is 12.9. The SMILES string of the molecule is C=CCCCCCCCCCN1CCOCCOCCOCCOCC1. The Morgan fingerprint density at radius 2 is 1.00 bits per heavy atom. The van der Waals surface area contributed by atoms with Gasteiger partial charge in [0.1, 0.15) is 0 Å². The van der Waals surface area contributed by atoms with Gasteiger partial charge in [-0.3, -0.25) is 4.90 Å². The highest BCUT2D eigenvalue weighted by atomic mass is 16.6. The minimum Gasteiger partial charge on any atom is -0.378 e. The van der Waals surface area contributed by atoms with Gasteiger partial charge in [-0.05, 0) is 25.8 Å². The van der Waals surface area contributed by atoms with Crippen LogP contribution in [0.3, 0.4) is 0 Å². The summed E-state index contributed by atoms with van der Waals surface area (Å²) < 4.78 is 22.3.